The second-order valence-corrected chi connectivity index (χ2v) is 6.99. The Bertz CT molecular complexity index is 925. The van der Waals surface area contributed by atoms with E-state index in [2.05, 4.69) is 19.7 Å². The first-order chi connectivity index (χ1) is 13.2. The lowest BCUT2D eigenvalue weighted by atomic mass is 10.0. The van der Waals surface area contributed by atoms with E-state index in [0.717, 1.165) is 29.9 Å². The molecule has 1 aliphatic heterocycles. The number of imidazole rings is 1. The van der Waals surface area contributed by atoms with Crippen LogP contribution in [0, 0.1) is 0 Å². The van der Waals surface area contributed by atoms with Gasteiger partial charge in [0.25, 0.3) is 0 Å². The monoisotopic (exact) mass is 385 g/mol. The molecule has 140 valence electrons. The third-order valence-corrected chi connectivity index (χ3v) is 4.94. The molecule has 0 aliphatic carbocycles. The largest absolute Gasteiger partial charge is 0.454 e. The molecule has 0 radical (unpaired) electrons. The summed E-state index contributed by atoms with van der Waals surface area (Å²) in [5, 5.41) is 3.75. The summed E-state index contributed by atoms with van der Waals surface area (Å²) in [7, 11) is 0. The van der Waals surface area contributed by atoms with Gasteiger partial charge < -0.3 is 14.8 Å². The first-order valence-electron chi connectivity index (χ1n) is 8.69. The Morgan fingerprint density at radius 3 is 3.11 bits per heavy atom. The quantitative estimate of drug-likeness (QED) is 0.637. The molecule has 8 nitrogen and oxygen atoms in total. The third kappa shape index (κ3) is 4.08. The van der Waals surface area contributed by atoms with E-state index >= 15 is 0 Å². The van der Waals surface area contributed by atoms with Crippen LogP contribution in [0.15, 0.2) is 36.9 Å². The molecule has 0 saturated heterocycles. The van der Waals surface area contributed by atoms with E-state index in [1.54, 1.807) is 23.3 Å². The summed E-state index contributed by atoms with van der Waals surface area (Å²) in [6.45, 7) is 2.12. The molecular formula is C18H19N5O3S. The Labute approximate surface area is 160 Å². The second kappa shape index (κ2) is 7.75. The van der Waals surface area contributed by atoms with Gasteiger partial charge in [-0.15, -0.1) is 0 Å². The maximum Gasteiger partial charge on any atom is 0.248 e. The van der Waals surface area contributed by atoms with Crippen molar-refractivity contribution in [2.45, 2.75) is 32.2 Å². The number of anilines is 1. The topological polar surface area (TPSA) is 91.2 Å². The van der Waals surface area contributed by atoms with E-state index in [4.69, 9.17) is 9.47 Å². The molecule has 0 unspecified atom stereocenters. The highest BCUT2D eigenvalue weighted by Crippen LogP contribution is 2.32. The molecular weight excluding hydrogens is 366 g/mol. The van der Waals surface area contributed by atoms with Crippen molar-refractivity contribution in [3.63, 3.8) is 0 Å². The number of nitrogens with one attached hydrogen (secondary N) is 1. The zero-order valence-electron chi connectivity index (χ0n) is 14.8. The number of rotatable bonds is 8. The maximum absolute atomic E-state index is 12.4. The number of carbonyl (C=O) groups excluding carboxylic acids is 1. The number of fused-ring (bicyclic) bond motifs is 1. The number of aromatic nitrogens is 4. The van der Waals surface area contributed by atoms with Gasteiger partial charge >= 0.3 is 0 Å². The summed E-state index contributed by atoms with van der Waals surface area (Å²) in [5.41, 5.74) is 1.14. The van der Waals surface area contributed by atoms with Crippen LogP contribution in [-0.4, -0.2) is 37.5 Å². The fourth-order valence-electron chi connectivity index (χ4n) is 2.80. The summed E-state index contributed by atoms with van der Waals surface area (Å²) in [6, 6.07) is 5.59. The summed E-state index contributed by atoms with van der Waals surface area (Å²) in [4.78, 5) is 20.7. The highest BCUT2D eigenvalue weighted by atomic mass is 32.1. The molecule has 3 aromatic rings. The van der Waals surface area contributed by atoms with Crippen LogP contribution in [0.25, 0.3) is 5.95 Å². The average molecular weight is 385 g/mol. The zero-order valence-corrected chi connectivity index (χ0v) is 15.6. The highest BCUT2D eigenvalue weighted by Gasteiger charge is 2.16. The van der Waals surface area contributed by atoms with Crippen molar-refractivity contribution in [1.82, 2.24) is 18.9 Å². The lowest BCUT2D eigenvalue weighted by molar-refractivity contribution is -0.119. The smallest absolute Gasteiger partial charge is 0.248 e. The molecule has 1 atom stereocenters. The van der Waals surface area contributed by atoms with Crippen molar-refractivity contribution < 1.29 is 14.3 Å². The summed E-state index contributed by atoms with van der Waals surface area (Å²) < 4.78 is 16.7. The van der Waals surface area contributed by atoms with E-state index in [1.165, 1.54) is 11.5 Å². The molecule has 0 saturated carbocycles. The minimum absolute atomic E-state index is 0.148. The lowest BCUT2D eigenvalue weighted by Gasteiger charge is -2.11. The van der Waals surface area contributed by atoms with E-state index in [9.17, 15) is 4.79 Å². The summed E-state index contributed by atoms with van der Waals surface area (Å²) in [6.07, 6.45) is 7.17. The van der Waals surface area contributed by atoms with Gasteiger partial charge in [0.15, 0.2) is 17.3 Å². The van der Waals surface area contributed by atoms with Crippen molar-refractivity contribution >= 4 is 22.4 Å². The number of ether oxygens (including phenoxy) is 2. The van der Waals surface area contributed by atoms with Crippen LogP contribution in [-0.2, 0) is 11.2 Å². The predicted molar refractivity (Wildman–Crippen MR) is 101 cm³/mol. The minimum atomic E-state index is -0.314. The summed E-state index contributed by atoms with van der Waals surface area (Å²) >= 11 is 1.23. The van der Waals surface area contributed by atoms with Crippen LogP contribution in [0.4, 0.5) is 5.13 Å². The van der Waals surface area contributed by atoms with Crippen LogP contribution in [0.5, 0.6) is 11.5 Å². The van der Waals surface area contributed by atoms with Crippen molar-refractivity contribution in [3.05, 3.63) is 42.5 Å². The van der Waals surface area contributed by atoms with Gasteiger partial charge in [0.1, 0.15) is 6.33 Å². The fraction of sp³-hybridized carbons (Fsp3) is 0.333. The van der Waals surface area contributed by atoms with E-state index in [1.807, 2.05) is 25.1 Å². The number of carbonyl (C=O) groups is 1. The Morgan fingerprint density at radius 2 is 2.26 bits per heavy atom. The Morgan fingerprint density at radius 1 is 1.37 bits per heavy atom. The number of nitrogens with zero attached hydrogens (tertiary/aromatic N) is 4. The van der Waals surface area contributed by atoms with Gasteiger partial charge in [0.05, 0.1) is 6.04 Å². The van der Waals surface area contributed by atoms with Crippen LogP contribution in [0.1, 0.15) is 25.3 Å². The van der Waals surface area contributed by atoms with Crippen LogP contribution >= 0.6 is 11.5 Å². The summed E-state index contributed by atoms with van der Waals surface area (Å²) in [5.74, 6) is 2.25. The van der Waals surface area contributed by atoms with Gasteiger partial charge in [-0.1, -0.05) is 6.07 Å². The van der Waals surface area contributed by atoms with Crippen LogP contribution < -0.4 is 14.8 Å². The molecule has 3 heterocycles. The molecule has 4 rings (SSSR count). The van der Waals surface area contributed by atoms with Gasteiger partial charge in [-0.25, -0.2) is 4.98 Å². The molecule has 1 aliphatic rings. The van der Waals surface area contributed by atoms with E-state index < -0.39 is 0 Å². The molecule has 0 spiro atoms. The van der Waals surface area contributed by atoms with E-state index in [-0.39, 0.29) is 18.6 Å². The van der Waals surface area contributed by atoms with Gasteiger partial charge in [-0.3, -0.25) is 9.36 Å². The van der Waals surface area contributed by atoms with Gasteiger partial charge in [-0.05, 0) is 37.5 Å². The van der Waals surface area contributed by atoms with Gasteiger partial charge in [-0.2, -0.15) is 9.36 Å². The third-order valence-electron chi connectivity index (χ3n) is 4.30. The zero-order chi connectivity index (χ0) is 18.6. The van der Waals surface area contributed by atoms with Crippen molar-refractivity contribution in [2.75, 3.05) is 12.1 Å². The molecule has 27 heavy (non-hydrogen) atoms. The van der Waals surface area contributed by atoms with Crippen molar-refractivity contribution in [1.29, 1.82) is 0 Å². The standard InChI is InChI=1S/C18H19N5O3S/c1-12(20-18-21-17(22-27-18)23-8-7-19-10-23)14(24)4-2-3-13-5-6-15-16(9-13)26-11-25-15/h5-10,12H,2-4,11H2,1H3,(H,20,21,22)/t12-/m0/s1. The Hall–Kier alpha value is -2.94. The van der Waals surface area contributed by atoms with Gasteiger partial charge in [0.2, 0.25) is 17.9 Å². The van der Waals surface area contributed by atoms with Crippen LogP contribution in [0.3, 0.4) is 0 Å². The minimum Gasteiger partial charge on any atom is -0.454 e. The molecule has 0 bridgehead atoms. The van der Waals surface area contributed by atoms with Gasteiger partial charge in [0, 0.05) is 30.3 Å². The molecule has 1 N–H and O–H groups in total. The molecule has 1 aromatic carbocycles. The van der Waals surface area contributed by atoms with Crippen molar-refractivity contribution in [2.24, 2.45) is 0 Å². The number of Topliss-reactive ketones (excluding diaryl/α,β-unsaturated/α-hetero) is 1. The number of aryl methyl sites for hydroxylation is 1. The SMILES string of the molecule is C[C@H](Nc1nc(-n2ccnc2)ns1)C(=O)CCCc1ccc2c(c1)OCO2. The number of ketones is 1. The normalized spacial score (nSPS) is 13.5. The second-order valence-electron chi connectivity index (χ2n) is 6.24. The molecule has 9 heteroatoms. The van der Waals surface area contributed by atoms with Crippen molar-refractivity contribution in [3.8, 4) is 17.4 Å². The predicted octanol–water partition coefficient (Wildman–Crippen LogP) is 2.84. The average Bonchev–Trinajstić information content (AvgIpc) is 3.42. The van der Waals surface area contributed by atoms with E-state index in [0.29, 0.717) is 17.5 Å². The number of hydrogen-bond donors (Lipinski definition) is 1. The number of hydrogen-bond acceptors (Lipinski definition) is 8. The molecule has 0 amide bonds. The first-order valence-corrected chi connectivity index (χ1v) is 9.46. The Kier molecular flexibility index (Phi) is 5.01. The maximum atomic E-state index is 12.4. The first kappa shape index (κ1) is 17.5. The molecule has 2 aromatic heterocycles. The number of benzene rings is 1. The highest BCUT2D eigenvalue weighted by molar-refractivity contribution is 7.09. The van der Waals surface area contributed by atoms with Crippen LogP contribution in [0.2, 0.25) is 0 Å². The lowest BCUT2D eigenvalue weighted by Crippen LogP contribution is -2.26. The molecule has 0 fully saturated rings. The Balaban J connectivity index is 1.26. The fourth-order valence-corrected chi connectivity index (χ4v) is 3.46.